The summed E-state index contributed by atoms with van der Waals surface area (Å²) in [6.45, 7) is 8.53. The molecule has 0 amide bonds. The molecule has 1 aliphatic heterocycles. The summed E-state index contributed by atoms with van der Waals surface area (Å²) in [7, 11) is 1.95. The van der Waals surface area contributed by atoms with Crippen molar-refractivity contribution >= 4 is 28.6 Å². The lowest BCUT2D eigenvalue weighted by Crippen LogP contribution is -2.49. The Hall–Kier alpha value is -2.64. The van der Waals surface area contributed by atoms with Gasteiger partial charge in [0.25, 0.3) is 0 Å². The summed E-state index contributed by atoms with van der Waals surface area (Å²) in [4.78, 5) is 6.02. The molecule has 4 rings (SSSR count). The number of thiophene rings is 1. The van der Waals surface area contributed by atoms with E-state index < -0.39 is 0 Å². The Balaban J connectivity index is 1.58. The number of anilines is 2. The van der Waals surface area contributed by atoms with Gasteiger partial charge < -0.3 is 10.6 Å². The molecule has 1 aliphatic rings. The quantitative estimate of drug-likeness (QED) is 0.499. The van der Waals surface area contributed by atoms with Crippen LogP contribution in [0.15, 0.2) is 41.8 Å². The van der Waals surface area contributed by atoms with Crippen LogP contribution in [0.4, 0.5) is 11.5 Å². The van der Waals surface area contributed by atoms with Crippen LogP contribution < -0.4 is 10.6 Å². The van der Waals surface area contributed by atoms with E-state index in [-0.39, 0.29) is 0 Å². The average Bonchev–Trinajstić information content (AvgIpc) is 3.38. The molecule has 3 aromatic rings. The van der Waals surface area contributed by atoms with Crippen LogP contribution in [0.1, 0.15) is 25.1 Å². The number of piperazine rings is 1. The molecule has 1 fully saturated rings. The van der Waals surface area contributed by atoms with Gasteiger partial charge in [0, 0.05) is 61.5 Å². The Morgan fingerprint density at radius 3 is 2.55 bits per heavy atom. The molecule has 0 aliphatic carbocycles. The third-order valence-electron chi connectivity index (χ3n) is 5.61. The zero-order valence-electron chi connectivity index (χ0n) is 17.2. The molecular formula is C22H28N6S. The Labute approximate surface area is 176 Å². The number of hydrogen-bond donors (Lipinski definition) is 2. The first-order valence-electron chi connectivity index (χ1n) is 10.00. The zero-order valence-corrected chi connectivity index (χ0v) is 18.0. The summed E-state index contributed by atoms with van der Waals surface area (Å²) in [5.74, 6) is 1.06. The fraction of sp³-hybridized carbons (Fsp3) is 0.364. The minimum absolute atomic E-state index is 0.364. The number of aryl methyl sites for hydroxylation is 1. The average molecular weight is 409 g/mol. The predicted octanol–water partition coefficient (Wildman–Crippen LogP) is 3.68. The first-order valence-corrected chi connectivity index (χ1v) is 10.9. The number of benzene rings is 1. The van der Waals surface area contributed by atoms with Gasteiger partial charge in [-0.3, -0.25) is 15.0 Å². The van der Waals surface area contributed by atoms with Gasteiger partial charge >= 0.3 is 0 Å². The molecule has 3 heterocycles. The number of rotatable bonds is 5. The highest BCUT2D eigenvalue weighted by molar-refractivity contribution is 7.13. The summed E-state index contributed by atoms with van der Waals surface area (Å²) >= 11 is 1.68. The third-order valence-corrected chi connectivity index (χ3v) is 6.53. The monoisotopic (exact) mass is 408 g/mol. The normalized spacial score (nSPS) is 15.2. The van der Waals surface area contributed by atoms with Crippen molar-refractivity contribution in [2.45, 2.75) is 19.9 Å². The van der Waals surface area contributed by atoms with E-state index in [1.54, 1.807) is 11.3 Å². The second kappa shape index (κ2) is 8.00. The first-order chi connectivity index (χ1) is 13.9. The molecule has 152 valence electrons. The molecule has 0 unspecified atom stereocenters. The van der Waals surface area contributed by atoms with Crippen molar-refractivity contribution in [3.8, 4) is 10.4 Å². The lowest BCUT2D eigenvalue weighted by atomic mass is 10.0. The molecule has 1 saturated heterocycles. The highest BCUT2D eigenvalue weighted by Gasteiger charge is 2.23. The second-order valence-corrected chi connectivity index (χ2v) is 8.73. The maximum absolute atomic E-state index is 8.77. The number of nitrogen functional groups attached to an aromatic ring is 1. The maximum Gasteiger partial charge on any atom is 0.127 e. The maximum atomic E-state index is 8.77. The molecular weight excluding hydrogens is 380 g/mol. The van der Waals surface area contributed by atoms with Crippen LogP contribution in [0.2, 0.25) is 0 Å². The van der Waals surface area contributed by atoms with E-state index in [0.717, 1.165) is 43.1 Å². The van der Waals surface area contributed by atoms with Gasteiger partial charge in [-0.2, -0.15) is 5.10 Å². The smallest absolute Gasteiger partial charge is 0.127 e. The number of nitrogens with two attached hydrogens (primary N) is 1. The lowest BCUT2D eigenvalue weighted by molar-refractivity contribution is 0.208. The van der Waals surface area contributed by atoms with Crippen LogP contribution in [0.5, 0.6) is 0 Å². The highest BCUT2D eigenvalue weighted by Crippen LogP contribution is 2.29. The topological polar surface area (TPSA) is 74.2 Å². The van der Waals surface area contributed by atoms with Crippen molar-refractivity contribution in [1.29, 1.82) is 5.41 Å². The standard InChI is InChI=1S/C22H28N6S/c1-15(2)27-8-10-28(11-9-27)21-14-19(25-26(21)3)22(24)17-13-16(6-7-18(17)23)20-5-4-12-29-20/h4-7,12-15,24H,8-11,23H2,1-3H3. The van der Waals surface area contributed by atoms with Crippen molar-refractivity contribution in [3.05, 3.63) is 53.0 Å². The Bertz CT molecular complexity index is 996. The van der Waals surface area contributed by atoms with E-state index in [1.807, 2.05) is 42.1 Å². The van der Waals surface area contributed by atoms with Crippen LogP contribution in [0.3, 0.4) is 0 Å². The second-order valence-electron chi connectivity index (χ2n) is 7.78. The largest absolute Gasteiger partial charge is 0.398 e. The molecule has 6 nitrogen and oxygen atoms in total. The van der Waals surface area contributed by atoms with Crippen molar-refractivity contribution in [3.63, 3.8) is 0 Å². The van der Waals surface area contributed by atoms with E-state index in [4.69, 9.17) is 11.1 Å². The third kappa shape index (κ3) is 3.93. The fourth-order valence-electron chi connectivity index (χ4n) is 3.85. The van der Waals surface area contributed by atoms with E-state index in [1.165, 1.54) is 4.88 Å². The molecule has 3 N–H and O–H groups in total. The summed E-state index contributed by atoms with van der Waals surface area (Å²) in [6, 6.07) is 12.6. The summed E-state index contributed by atoms with van der Waals surface area (Å²) < 4.78 is 1.88. The SMILES string of the molecule is CC(C)N1CCN(c2cc(C(=N)c3cc(-c4cccs4)ccc3N)nn2C)CC1. The highest BCUT2D eigenvalue weighted by atomic mass is 32.1. The molecule has 1 aromatic carbocycles. The van der Waals surface area contributed by atoms with E-state index in [2.05, 4.69) is 40.2 Å². The molecule has 0 saturated carbocycles. The summed E-state index contributed by atoms with van der Waals surface area (Å²) in [5, 5.41) is 15.5. The zero-order chi connectivity index (χ0) is 20.5. The van der Waals surface area contributed by atoms with Gasteiger partial charge in [-0.15, -0.1) is 11.3 Å². The van der Waals surface area contributed by atoms with Crippen molar-refractivity contribution in [1.82, 2.24) is 14.7 Å². The van der Waals surface area contributed by atoms with Gasteiger partial charge in [-0.25, -0.2) is 0 Å². The summed E-state index contributed by atoms with van der Waals surface area (Å²) in [6.07, 6.45) is 0. The van der Waals surface area contributed by atoms with Gasteiger partial charge in [0.15, 0.2) is 0 Å². The van der Waals surface area contributed by atoms with E-state index in [9.17, 15) is 0 Å². The van der Waals surface area contributed by atoms with Gasteiger partial charge in [-0.05, 0) is 43.0 Å². The minimum Gasteiger partial charge on any atom is -0.398 e. The molecule has 29 heavy (non-hydrogen) atoms. The van der Waals surface area contributed by atoms with Gasteiger partial charge in [-0.1, -0.05) is 12.1 Å². The molecule has 0 spiro atoms. The minimum atomic E-state index is 0.364. The Kier molecular flexibility index (Phi) is 5.43. The van der Waals surface area contributed by atoms with Crippen LogP contribution in [-0.2, 0) is 7.05 Å². The summed E-state index contributed by atoms with van der Waals surface area (Å²) in [5.41, 5.74) is 9.66. The lowest BCUT2D eigenvalue weighted by Gasteiger charge is -2.37. The van der Waals surface area contributed by atoms with E-state index >= 15 is 0 Å². The van der Waals surface area contributed by atoms with Crippen LogP contribution in [0, 0.1) is 5.41 Å². The van der Waals surface area contributed by atoms with Crippen LogP contribution >= 0.6 is 11.3 Å². The molecule has 0 bridgehead atoms. The Morgan fingerprint density at radius 1 is 1.14 bits per heavy atom. The van der Waals surface area contributed by atoms with Crippen molar-refractivity contribution in [2.75, 3.05) is 36.8 Å². The van der Waals surface area contributed by atoms with Crippen molar-refractivity contribution in [2.24, 2.45) is 7.05 Å². The molecule has 0 atom stereocenters. The molecule has 2 aromatic heterocycles. The van der Waals surface area contributed by atoms with E-state index in [0.29, 0.717) is 23.1 Å². The number of nitrogens with one attached hydrogen (secondary N) is 1. The van der Waals surface area contributed by atoms with Gasteiger partial charge in [0.05, 0.1) is 5.71 Å². The van der Waals surface area contributed by atoms with Gasteiger partial charge in [0.2, 0.25) is 0 Å². The Morgan fingerprint density at radius 2 is 1.90 bits per heavy atom. The fourth-order valence-corrected chi connectivity index (χ4v) is 4.57. The molecule has 7 heteroatoms. The van der Waals surface area contributed by atoms with Crippen molar-refractivity contribution < 1.29 is 0 Å². The number of nitrogens with zero attached hydrogens (tertiary/aromatic N) is 4. The molecule has 0 radical (unpaired) electrons. The van der Waals surface area contributed by atoms with Gasteiger partial charge in [0.1, 0.15) is 11.5 Å². The number of hydrogen-bond acceptors (Lipinski definition) is 6. The first kappa shape index (κ1) is 19.7. The van der Waals surface area contributed by atoms with Crippen LogP contribution in [-0.4, -0.2) is 52.6 Å². The predicted molar refractivity (Wildman–Crippen MR) is 122 cm³/mol. The number of aromatic nitrogens is 2. The van der Waals surface area contributed by atoms with Crippen LogP contribution in [0.25, 0.3) is 10.4 Å².